The molecule has 1 fully saturated rings. The molecular formula is C29H28BrF3N6O3S. The minimum atomic E-state index is -4.98. The second-order valence-corrected chi connectivity index (χ2v) is 13.6. The van der Waals surface area contributed by atoms with Crippen molar-refractivity contribution in [1.29, 1.82) is 0 Å². The number of carbonyl (C=O) groups excluding carboxylic acids is 1. The zero-order chi connectivity index (χ0) is 30.4. The first-order chi connectivity index (χ1) is 20.5. The van der Waals surface area contributed by atoms with E-state index < -0.39 is 22.1 Å². The van der Waals surface area contributed by atoms with Gasteiger partial charge in [-0.05, 0) is 64.4 Å². The van der Waals surface area contributed by atoms with E-state index >= 15 is 0 Å². The maximum Gasteiger partial charge on any atom is 0.471 e. The number of hydrogen-bond acceptors (Lipinski definition) is 6. The minimum absolute atomic E-state index is 0.00319. The number of benzene rings is 2. The highest BCUT2D eigenvalue weighted by Gasteiger charge is 2.43. The third-order valence-corrected chi connectivity index (χ3v) is 10.3. The van der Waals surface area contributed by atoms with Crippen LogP contribution in [-0.2, 0) is 27.8 Å². The summed E-state index contributed by atoms with van der Waals surface area (Å²) in [5.74, 6) is -1.19. The number of nitrogens with one attached hydrogen (secondary N) is 1. The molecule has 14 heteroatoms. The summed E-state index contributed by atoms with van der Waals surface area (Å²) in [4.78, 5) is 17.3. The predicted molar refractivity (Wildman–Crippen MR) is 158 cm³/mol. The number of anilines is 1. The lowest BCUT2D eigenvalue weighted by Gasteiger charge is -2.33. The number of aromatic nitrogens is 3. The zero-order valence-electron chi connectivity index (χ0n) is 22.9. The van der Waals surface area contributed by atoms with Gasteiger partial charge in [0.2, 0.25) is 10.0 Å². The normalized spacial score (nSPS) is 18.0. The summed E-state index contributed by atoms with van der Waals surface area (Å²) in [5, 5.41) is 7.88. The van der Waals surface area contributed by atoms with Crippen LogP contribution < -0.4 is 5.32 Å². The molecular weight excluding hydrogens is 649 g/mol. The number of carbonyl (C=O) groups is 1. The fourth-order valence-corrected chi connectivity index (χ4v) is 7.63. The number of fused-ring (bicyclic) bond motifs is 2. The fourth-order valence-electron chi connectivity index (χ4n) is 5.68. The molecule has 1 amide bonds. The Morgan fingerprint density at radius 3 is 2.63 bits per heavy atom. The molecule has 0 saturated carbocycles. The van der Waals surface area contributed by atoms with Gasteiger partial charge in [0.25, 0.3) is 0 Å². The van der Waals surface area contributed by atoms with E-state index in [0.29, 0.717) is 30.7 Å². The van der Waals surface area contributed by atoms with E-state index in [9.17, 15) is 26.4 Å². The molecule has 226 valence electrons. The third-order valence-electron chi connectivity index (χ3n) is 7.91. The van der Waals surface area contributed by atoms with Crippen LogP contribution in [0.25, 0.3) is 16.9 Å². The standard InChI is InChI=1S/C29H28BrF3N6O3S/c30-24-16-35-39-26(14-25(36-27(24)39)21-6-2-1-3-7-21)34-15-19-5-4-11-38(17-19)43(41,42)23-9-8-20-10-12-37(18-22(20)13-23)28(40)29(31,32)33/h1-3,6-9,13-14,16,19,34H,4-5,10-12,15,17-18H2. The molecule has 2 aliphatic rings. The first-order valence-electron chi connectivity index (χ1n) is 13.8. The molecule has 6 rings (SSSR count). The largest absolute Gasteiger partial charge is 0.471 e. The summed E-state index contributed by atoms with van der Waals surface area (Å²) in [6, 6.07) is 16.2. The second-order valence-electron chi connectivity index (χ2n) is 10.8. The number of hydrogen-bond donors (Lipinski definition) is 1. The first-order valence-corrected chi connectivity index (χ1v) is 16.1. The van der Waals surface area contributed by atoms with Crippen molar-refractivity contribution in [2.75, 3.05) is 31.5 Å². The molecule has 0 radical (unpaired) electrons. The quantitative estimate of drug-likeness (QED) is 0.305. The summed E-state index contributed by atoms with van der Waals surface area (Å²) in [6.07, 6.45) is -1.58. The lowest BCUT2D eigenvalue weighted by atomic mass is 10.00. The highest BCUT2D eigenvalue weighted by atomic mass is 79.9. The average Bonchev–Trinajstić information content (AvgIpc) is 3.39. The van der Waals surface area contributed by atoms with E-state index in [1.165, 1.54) is 16.4 Å². The molecule has 1 saturated heterocycles. The van der Waals surface area contributed by atoms with Crippen LogP contribution in [0.4, 0.5) is 19.0 Å². The summed E-state index contributed by atoms with van der Waals surface area (Å²) in [7, 11) is -3.91. The summed E-state index contributed by atoms with van der Waals surface area (Å²) in [6.45, 7) is 0.782. The van der Waals surface area contributed by atoms with E-state index in [2.05, 4.69) is 26.3 Å². The smallest absolute Gasteiger partial charge is 0.370 e. The molecule has 2 aromatic heterocycles. The topological polar surface area (TPSA) is 99.9 Å². The van der Waals surface area contributed by atoms with Gasteiger partial charge in [-0.3, -0.25) is 4.79 Å². The number of rotatable bonds is 6. The van der Waals surface area contributed by atoms with E-state index in [-0.39, 0.29) is 36.9 Å². The molecule has 4 heterocycles. The SMILES string of the molecule is O=C(N1CCc2ccc(S(=O)(=O)N3CCCC(CNc4cc(-c5ccccc5)nc5c(Br)cnn45)C3)cc2C1)C(F)(F)F. The lowest BCUT2D eigenvalue weighted by Crippen LogP contribution is -2.44. The Morgan fingerprint density at radius 2 is 1.86 bits per heavy atom. The van der Waals surface area contributed by atoms with Crippen molar-refractivity contribution in [3.05, 3.63) is 76.4 Å². The van der Waals surface area contributed by atoms with Gasteiger partial charge >= 0.3 is 12.1 Å². The third kappa shape index (κ3) is 6.00. The van der Waals surface area contributed by atoms with Crippen molar-refractivity contribution in [2.24, 2.45) is 5.92 Å². The Hall–Kier alpha value is -3.49. The second kappa shape index (κ2) is 11.5. The van der Waals surface area contributed by atoms with Crippen LogP contribution in [0.3, 0.4) is 0 Å². The Kier molecular flexibility index (Phi) is 7.94. The van der Waals surface area contributed by atoms with Gasteiger partial charge in [-0.25, -0.2) is 13.4 Å². The molecule has 2 aromatic carbocycles. The van der Waals surface area contributed by atoms with Gasteiger partial charge in [0.15, 0.2) is 5.65 Å². The van der Waals surface area contributed by atoms with Crippen molar-refractivity contribution in [1.82, 2.24) is 23.8 Å². The Labute approximate surface area is 254 Å². The van der Waals surface area contributed by atoms with Gasteiger partial charge in [-0.15, -0.1) is 0 Å². The van der Waals surface area contributed by atoms with E-state index in [1.807, 2.05) is 36.4 Å². The molecule has 0 spiro atoms. The highest BCUT2D eigenvalue weighted by Crippen LogP contribution is 2.30. The lowest BCUT2D eigenvalue weighted by molar-refractivity contribution is -0.186. The average molecular weight is 678 g/mol. The van der Waals surface area contributed by atoms with Crippen LogP contribution in [0.2, 0.25) is 0 Å². The van der Waals surface area contributed by atoms with Crippen molar-refractivity contribution in [3.8, 4) is 11.3 Å². The Bertz CT molecular complexity index is 1780. The van der Waals surface area contributed by atoms with E-state index in [1.54, 1.807) is 16.8 Å². The van der Waals surface area contributed by atoms with Gasteiger partial charge < -0.3 is 10.2 Å². The molecule has 4 aromatic rings. The van der Waals surface area contributed by atoms with Crippen LogP contribution in [0.15, 0.2) is 70.2 Å². The molecule has 0 aliphatic carbocycles. The molecule has 1 N–H and O–H groups in total. The maximum absolute atomic E-state index is 13.7. The Balaban J connectivity index is 1.18. The van der Waals surface area contributed by atoms with Gasteiger partial charge in [0.1, 0.15) is 5.82 Å². The van der Waals surface area contributed by atoms with Crippen LogP contribution in [0.1, 0.15) is 24.0 Å². The molecule has 43 heavy (non-hydrogen) atoms. The number of piperidine rings is 1. The molecule has 9 nitrogen and oxygen atoms in total. The number of alkyl halides is 3. The molecule has 1 unspecified atom stereocenters. The monoisotopic (exact) mass is 676 g/mol. The van der Waals surface area contributed by atoms with Gasteiger partial charge in [0.05, 0.1) is 21.3 Å². The number of amides is 1. The first kappa shape index (κ1) is 29.6. The van der Waals surface area contributed by atoms with Gasteiger partial charge in [-0.1, -0.05) is 36.4 Å². The number of nitrogens with zero attached hydrogens (tertiary/aromatic N) is 5. The Morgan fingerprint density at radius 1 is 1.07 bits per heavy atom. The highest BCUT2D eigenvalue weighted by molar-refractivity contribution is 9.10. The number of sulfonamides is 1. The van der Waals surface area contributed by atoms with Crippen molar-refractivity contribution in [2.45, 2.75) is 36.9 Å². The van der Waals surface area contributed by atoms with Crippen molar-refractivity contribution < 1.29 is 26.4 Å². The summed E-state index contributed by atoms with van der Waals surface area (Å²) >= 11 is 3.51. The van der Waals surface area contributed by atoms with Crippen LogP contribution in [-0.4, -0.2) is 70.5 Å². The zero-order valence-corrected chi connectivity index (χ0v) is 25.3. The van der Waals surface area contributed by atoms with Crippen molar-refractivity contribution in [3.63, 3.8) is 0 Å². The predicted octanol–water partition coefficient (Wildman–Crippen LogP) is 5.12. The summed E-state index contributed by atoms with van der Waals surface area (Å²) in [5.41, 5.74) is 3.54. The fraction of sp³-hybridized carbons (Fsp3) is 0.345. The summed E-state index contributed by atoms with van der Waals surface area (Å²) < 4.78 is 70.2. The molecule has 1 atom stereocenters. The van der Waals surface area contributed by atoms with Crippen LogP contribution in [0.5, 0.6) is 0 Å². The maximum atomic E-state index is 13.7. The van der Waals surface area contributed by atoms with E-state index in [0.717, 1.165) is 38.4 Å². The number of halogens is 4. The van der Waals surface area contributed by atoms with Crippen molar-refractivity contribution >= 4 is 43.3 Å². The van der Waals surface area contributed by atoms with E-state index in [4.69, 9.17) is 4.98 Å². The minimum Gasteiger partial charge on any atom is -0.370 e. The van der Waals surface area contributed by atoms with Gasteiger partial charge in [-0.2, -0.15) is 27.1 Å². The van der Waals surface area contributed by atoms with Crippen LogP contribution in [0, 0.1) is 5.92 Å². The van der Waals surface area contributed by atoms with Crippen LogP contribution >= 0.6 is 15.9 Å². The molecule has 0 bridgehead atoms. The van der Waals surface area contributed by atoms with Gasteiger partial charge in [0, 0.05) is 44.4 Å². The molecule has 2 aliphatic heterocycles.